The maximum Gasteiger partial charge on any atom is 0.303 e. The molecule has 0 radical (unpaired) electrons. The van der Waals surface area contributed by atoms with Gasteiger partial charge in [-0.15, -0.1) is 0 Å². The van der Waals surface area contributed by atoms with E-state index in [0.717, 1.165) is 19.3 Å². The number of fused-ring (bicyclic) bond motifs is 2. The van der Waals surface area contributed by atoms with Crippen LogP contribution in [0.2, 0.25) is 0 Å². The van der Waals surface area contributed by atoms with Crippen LogP contribution in [0.1, 0.15) is 65.0 Å². The Morgan fingerprint density at radius 2 is 2.03 bits per heavy atom. The molecule has 1 saturated heterocycles. The second kappa shape index (κ2) is 8.15. The summed E-state index contributed by atoms with van der Waals surface area (Å²) in [5, 5.41) is 22.6. The fourth-order valence-electron chi connectivity index (χ4n) is 6.77. The number of hydrogen-bond acceptors (Lipinski definition) is 8. The number of rotatable bonds is 6. The minimum atomic E-state index is -1.01. The summed E-state index contributed by atoms with van der Waals surface area (Å²) < 4.78 is 22.6. The Labute approximate surface area is 188 Å². The molecule has 3 fully saturated rings. The minimum Gasteiger partial charge on any atom is -0.472 e. The summed E-state index contributed by atoms with van der Waals surface area (Å²) in [6.45, 7) is 7.14. The molecule has 0 amide bonds. The van der Waals surface area contributed by atoms with Crippen LogP contribution in [0.3, 0.4) is 0 Å². The van der Waals surface area contributed by atoms with Gasteiger partial charge in [-0.05, 0) is 42.6 Å². The molecule has 8 heteroatoms. The first-order valence-electron chi connectivity index (χ1n) is 11.4. The van der Waals surface area contributed by atoms with Crippen molar-refractivity contribution in [2.45, 2.75) is 77.3 Å². The summed E-state index contributed by atoms with van der Waals surface area (Å²) in [4.78, 5) is 24.0. The number of hydrogen-bond donors (Lipinski definition) is 2. The predicted octanol–water partition coefficient (Wildman–Crippen LogP) is 2.77. The molecule has 2 aliphatic carbocycles. The van der Waals surface area contributed by atoms with Gasteiger partial charge in [0.05, 0.1) is 36.8 Å². The van der Waals surface area contributed by atoms with Crippen molar-refractivity contribution in [2.24, 2.45) is 22.7 Å². The van der Waals surface area contributed by atoms with E-state index < -0.39 is 46.7 Å². The van der Waals surface area contributed by atoms with Gasteiger partial charge in [0.1, 0.15) is 18.3 Å². The average molecular weight is 451 g/mol. The molecule has 178 valence electrons. The Kier molecular flexibility index (Phi) is 5.92. The molecule has 8 atom stereocenters. The highest BCUT2D eigenvalue weighted by Gasteiger charge is 2.77. The number of aliphatic hydroxyl groups excluding tert-OH is 2. The molecule has 1 aliphatic heterocycles. The molecule has 8 nitrogen and oxygen atoms in total. The predicted molar refractivity (Wildman–Crippen MR) is 112 cm³/mol. The van der Waals surface area contributed by atoms with Crippen molar-refractivity contribution in [1.29, 1.82) is 0 Å². The van der Waals surface area contributed by atoms with Crippen LogP contribution >= 0.6 is 0 Å². The maximum atomic E-state index is 12.1. The number of ether oxygens (including phenoxy) is 3. The van der Waals surface area contributed by atoms with E-state index in [2.05, 4.69) is 6.92 Å². The van der Waals surface area contributed by atoms with Gasteiger partial charge in [0.2, 0.25) is 0 Å². The Balaban J connectivity index is 1.82. The molecule has 2 heterocycles. The van der Waals surface area contributed by atoms with E-state index in [4.69, 9.17) is 18.6 Å². The van der Waals surface area contributed by atoms with Crippen LogP contribution in [0.15, 0.2) is 23.0 Å². The maximum absolute atomic E-state index is 12.1. The Bertz CT molecular complexity index is 846. The van der Waals surface area contributed by atoms with E-state index >= 15 is 0 Å². The van der Waals surface area contributed by atoms with Gasteiger partial charge in [-0.2, -0.15) is 0 Å². The summed E-state index contributed by atoms with van der Waals surface area (Å²) in [5.74, 6) is -1.34. The van der Waals surface area contributed by atoms with E-state index in [1.54, 1.807) is 6.07 Å². The molecule has 32 heavy (non-hydrogen) atoms. The van der Waals surface area contributed by atoms with Gasteiger partial charge in [0.25, 0.3) is 0 Å². The largest absolute Gasteiger partial charge is 0.472 e. The van der Waals surface area contributed by atoms with Gasteiger partial charge >= 0.3 is 11.9 Å². The van der Waals surface area contributed by atoms with E-state index in [1.165, 1.54) is 26.4 Å². The highest BCUT2D eigenvalue weighted by Crippen LogP contribution is 2.69. The summed E-state index contributed by atoms with van der Waals surface area (Å²) in [6, 6.07) is 1.73. The standard InChI is InChI=1S/C24H34O8/c1-14-20(28)21(32-16(3)26)24(13-30-15(2)25)19(6-5-8-23(24)12-31-23)22(14,4)10-18(27)17-7-9-29-11-17/h7,9,11,14,18-21,27-28H,5-6,8,10,12-13H2,1-4H3. The lowest BCUT2D eigenvalue weighted by atomic mass is 9.42. The van der Waals surface area contributed by atoms with Gasteiger partial charge in [-0.25, -0.2) is 0 Å². The van der Waals surface area contributed by atoms with E-state index in [-0.39, 0.29) is 18.4 Å². The Hall–Kier alpha value is -1.90. The first kappa shape index (κ1) is 23.3. The fourth-order valence-corrected chi connectivity index (χ4v) is 6.77. The van der Waals surface area contributed by atoms with Crippen molar-refractivity contribution < 1.29 is 38.4 Å². The van der Waals surface area contributed by atoms with Crippen LogP contribution < -0.4 is 0 Å². The van der Waals surface area contributed by atoms with E-state index in [9.17, 15) is 19.8 Å². The van der Waals surface area contributed by atoms with Crippen LogP contribution in [-0.4, -0.2) is 53.2 Å². The Morgan fingerprint density at radius 1 is 1.31 bits per heavy atom. The smallest absolute Gasteiger partial charge is 0.303 e. The number of carbonyl (C=O) groups is 2. The highest BCUT2D eigenvalue weighted by molar-refractivity contribution is 5.67. The lowest BCUT2D eigenvalue weighted by Crippen LogP contribution is -2.71. The lowest BCUT2D eigenvalue weighted by molar-refractivity contribution is -0.266. The van der Waals surface area contributed by atoms with Crippen molar-refractivity contribution in [1.82, 2.24) is 0 Å². The topological polar surface area (TPSA) is 119 Å². The fraction of sp³-hybridized carbons (Fsp3) is 0.750. The molecule has 8 unspecified atom stereocenters. The third kappa shape index (κ3) is 3.47. The van der Waals surface area contributed by atoms with Crippen molar-refractivity contribution in [3.8, 4) is 0 Å². The van der Waals surface area contributed by atoms with E-state index in [1.807, 2.05) is 6.92 Å². The first-order valence-corrected chi connectivity index (χ1v) is 11.4. The van der Waals surface area contributed by atoms with Crippen LogP contribution in [-0.2, 0) is 23.8 Å². The minimum absolute atomic E-state index is 0.00782. The van der Waals surface area contributed by atoms with Crippen LogP contribution in [0, 0.1) is 22.7 Å². The zero-order chi connectivity index (χ0) is 23.3. The van der Waals surface area contributed by atoms with Crippen molar-refractivity contribution in [2.75, 3.05) is 13.2 Å². The Morgan fingerprint density at radius 3 is 2.59 bits per heavy atom. The van der Waals surface area contributed by atoms with Crippen molar-refractivity contribution in [3.05, 3.63) is 24.2 Å². The first-order chi connectivity index (χ1) is 15.1. The van der Waals surface area contributed by atoms with Crippen LogP contribution in [0.25, 0.3) is 0 Å². The molecule has 1 spiro atoms. The van der Waals surface area contributed by atoms with Crippen LogP contribution in [0.4, 0.5) is 0 Å². The summed E-state index contributed by atoms with van der Waals surface area (Å²) >= 11 is 0. The highest BCUT2D eigenvalue weighted by atomic mass is 16.6. The third-order valence-corrected chi connectivity index (χ3v) is 8.57. The molecule has 1 aromatic heterocycles. The number of aliphatic hydroxyl groups is 2. The van der Waals surface area contributed by atoms with E-state index in [0.29, 0.717) is 18.6 Å². The molecule has 0 aromatic carbocycles. The molecule has 0 bridgehead atoms. The van der Waals surface area contributed by atoms with Crippen LogP contribution in [0.5, 0.6) is 0 Å². The second-order valence-corrected chi connectivity index (χ2v) is 10.1. The normalized spacial score (nSPS) is 41.6. The summed E-state index contributed by atoms with van der Waals surface area (Å²) in [5.41, 5.74) is -1.41. The number of esters is 2. The van der Waals surface area contributed by atoms with Gasteiger partial charge in [-0.1, -0.05) is 20.3 Å². The molecule has 4 rings (SSSR count). The van der Waals surface area contributed by atoms with Gasteiger partial charge in [-0.3, -0.25) is 9.59 Å². The molecule has 2 saturated carbocycles. The molecule has 2 N–H and O–H groups in total. The third-order valence-electron chi connectivity index (χ3n) is 8.57. The summed E-state index contributed by atoms with van der Waals surface area (Å²) in [6.07, 6.45) is 3.18. The van der Waals surface area contributed by atoms with Gasteiger partial charge < -0.3 is 28.8 Å². The second-order valence-electron chi connectivity index (χ2n) is 10.1. The molecular weight excluding hydrogens is 416 g/mol. The zero-order valence-electron chi connectivity index (χ0n) is 19.2. The molecular formula is C24H34O8. The van der Waals surface area contributed by atoms with Gasteiger partial charge in [0, 0.05) is 19.4 Å². The summed E-state index contributed by atoms with van der Waals surface area (Å²) in [7, 11) is 0. The van der Waals surface area contributed by atoms with Gasteiger partial charge in [0.15, 0.2) is 0 Å². The number of carbonyl (C=O) groups excluding carboxylic acids is 2. The average Bonchev–Trinajstić information content (AvgIpc) is 3.29. The zero-order valence-corrected chi connectivity index (χ0v) is 19.2. The van der Waals surface area contributed by atoms with Crippen molar-refractivity contribution in [3.63, 3.8) is 0 Å². The monoisotopic (exact) mass is 450 g/mol. The lowest BCUT2D eigenvalue weighted by Gasteiger charge is -2.64. The van der Waals surface area contributed by atoms with Crippen molar-refractivity contribution >= 4 is 11.9 Å². The molecule has 1 aromatic rings. The number of epoxide rings is 1. The SMILES string of the molecule is CC(=O)OCC12C(OC(C)=O)C(O)C(C)C(C)(CC(O)c3ccoc3)C1CCCC21CO1. The quantitative estimate of drug-likeness (QED) is 0.502. The number of furan rings is 1. The molecule has 3 aliphatic rings.